The van der Waals surface area contributed by atoms with Crippen molar-refractivity contribution < 1.29 is 13.2 Å². The van der Waals surface area contributed by atoms with Crippen molar-refractivity contribution in [1.82, 2.24) is 9.62 Å². The summed E-state index contributed by atoms with van der Waals surface area (Å²) in [6.07, 6.45) is 4.76. The number of hydrogen-bond donors (Lipinski definition) is 2. The number of nitrogens with one attached hydrogen (secondary N) is 1. The van der Waals surface area contributed by atoms with Crippen molar-refractivity contribution in [2.45, 2.75) is 45.6 Å². The predicted molar refractivity (Wildman–Crippen MR) is 84.2 cm³/mol. The van der Waals surface area contributed by atoms with E-state index in [1.807, 2.05) is 4.90 Å². The lowest BCUT2D eigenvalue weighted by Gasteiger charge is -2.38. The van der Waals surface area contributed by atoms with Gasteiger partial charge in [0.2, 0.25) is 15.9 Å². The van der Waals surface area contributed by atoms with Crippen molar-refractivity contribution in [1.29, 1.82) is 0 Å². The van der Waals surface area contributed by atoms with E-state index >= 15 is 0 Å². The zero-order valence-electron chi connectivity index (χ0n) is 13.3. The van der Waals surface area contributed by atoms with E-state index in [2.05, 4.69) is 18.6 Å². The highest BCUT2D eigenvalue weighted by Gasteiger charge is 2.31. The minimum atomic E-state index is -3.23. The van der Waals surface area contributed by atoms with Gasteiger partial charge in [-0.2, -0.15) is 0 Å². The number of hydrogen-bond acceptors (Lipinski definition) is 4. The molecule has 1 aliphatic rings. The van der Waals surface area contributed by atoms with Gasteiger partial charge in [0.25, 0.3) is 0 Å². The highest BCUT2D eigenvalue weighted by atomic mass is 32.2. The Hall–Kier alpha value is -0.660. The number of sulfonamides is 1. The van der Waals surface area contributed by atoms with Crippen LogP contribution in [0, 0.1) is 11.8 Å². The van der Waals surface area contributed by atoms with Gasteiger partial charge in [0.05, 0.1) is 12.2 Å². The van der Waals surface area contributed by atoms with Gasteiger partial charge in [0.1, 0.15) is 0 Å². The molecule has 0 aliphatic carbocycles. The summed E-state index contributed by atoms with van der Waals surface area (Å²) in [6.45, 7) is 5.50. The monoisotopic (exact) mass is 319 g/mol. The minimum Gasteiger partial charge on any atom is -0.338 e. The molecular weight excluding hydrogens is 290 g/mol. The van der Waals surface area contributed by atoms with Gasteiger partial charge >= 0.3 is 0 Å². The zero-order valence-corrected chi connectivity index (χ0v) is 14.2. The quantitative estimate of drug-likeness (QED) is 0.716. The van der Waals surface area contributed by atoms with E-state index in [0.717, 1.165) is 31.9 Å². The molecule has 0 spiro atoms. The fraction of sp³-hybridized carbons (Fsp3) is 0.929. The molecule has 2 unspecified atom stereocenters. The summed E-state index contributed by atoms with van der Waals surface area (Å²) in [5, 5.41) is 0. The number of amides is 1. The Morgan fingerprint density at radius 1 is 1.38 bits per heavy atom. The van der Waals surface area contributed by atoms with Crippen LogP contribution in [0.4, 0.5) is 0 Å². The second kappa shape index (κ2) is 8.10. The number of rotatable bonds is 7. The van der Waals surface area contributed by atoms with Crippen LogP contribution >= 0.6 is 0 Å². The van der Waals surface area contributed by atoms with Crippen molar-refractivity contribution in [3.05, 3.63) is 0 Å². The summed E-state index contributed by atoms with van der Waals surface area (Å²) >= 11 is 0. The summed E-state index contributed by atoms with van der Waals surface area (Å²) in [7, 11) is -3.23. The summed E-state index contributed by atoms with van der Waals surface area (Å²) in [5.74, 6) is 0.329. The highest BCUT2D eigenvalue weighted by Crippen LogP contribution is 2.21. The molecule has 1 aliphatic heterocycles. The van der Waals surface area contributed by atoms with Crippen molar-refractivity contribution in [2.75, 3.05) is 25.9 Å². The SMILES string of the molecule is CC(C)CC(CN)C(=O)N1CCCCC1CNS(C)(=O)=O. The topological polar surface area (TPSA) is 92.5 Å². The molecule has 0 radical (unpaired) electrons. The van der Waals surface area contributed by atoms with E-state index in [9.17, 15) is 13.2 Å². The Bertz CT molecular complexity index is 437. The van der Waals surface area contributed by atoms with E-state index in [-0.39, 0.29) is 17.9 Å². The smallest absolute Gasteiger partial charge is 0.227 e. The minimum absolute atomic E-state index is 0.0535. The summed E-state index contributed by atoms with van der Waals surface area (Å²) < 4.78 is 25.0. The normalized spacial score (nSPS) is 21.6. The fourth-order valence-electron chi connectivity index (χ4n) is 2.85. The van der Waals surface area contributed by atoms with Gasteiger partial charge in [-0.15, -0.1) is 0 Å². The van der Waals surface area contributed by atoms with Crippen molar-refractivity contribution in [2.24, 2.45) is 17.6 Å². The van der Waals surface area contributed by atoms with Crippen LogP contribution in [0.25, 0.3) is 0 Å². The molecule has 124 valence electrons. The molecule has 1 fully saturated rings. The van der Waals surface area contributed by atoms with E-state index < -0.39 is 10.0 Å². The van der Waals surface area contributed by atoms with Gasteiger partial charge < -0.3 is 10.6 Å². The Balaban J connectivity index is 2.72. The van der Waals surface area contributed by atoms with E-state index in [4.69, 9.17) is 5.73 Å². The van der Waals surface area contributed by atoms with Crippen LogP contribution in [-0.4, -0.2) is 51.2 Å². The number of carbonyl (C=O) groups excluding carboxylic acids is 1. The van der Waals surface area contributed by atoms with Gasteiger partial charge in [-0.05, 0) is 31.6 Å². The maximum atomic E-state index is 12.7. The first-order valence-electron chi connectivity index (χ1n) is 7.69. The summed E-state index contributed by atoms with van der Waals surface area (Å²) in [4.78, 5) is 14.5. The molecule has 2 atom stereocenters. The summed E-state index contributed by atoms with van der Waals surface area (Å²) in [5.41, 5.74) is 5.76. The third-order valence-electron chi connectivity index (χ3n) is 3.88. The van der Waals surface area contributed by atoms with E-state index in [1.165, 1.54) is 0 Å². The average molecular weight is 319 g/mol. The van der Waals surface area contributed by atoms with Crippen LogP contribution in [0.15, 0.2) is 0 Å². The lowest BCUT2D eigenvalue weighted by Crippen LogP contribution is -2.52. The third kappa shape index (κ3) is 6.32. The number of likely N-dealkylation sites (tertiary alicyclic amines) is 1. The predicted octanol–water partition coefficient (Wildman–Crippen LogP) is 0.538. The van der Waals surface area contributed by atoms with E-state index in [0.29, 0.717) is 25.6 Å². The first-order valence-corrected chi connectivity index (χ1v) is 9.59. The Labute approximate surface area is 128 Å². The molecule has 21 heavy (non-hydrogen) atoms. The number of piperidine rings is 1. The molecule has 1 saturated heterocycles. The molecule has 1 heterocycles. The molecule has 6 nitrogen and oxygen atoms in total. The Morgan fingerprint density at radius 3 is 2.57 bits per heavy atom. The molecule has 1 rings (SSSR count). The van der Waals surface area contributed by atoms with Gasteiger partial charge in [-0.3, -0.25) is 4.79 Å². The van der Waals surface area contributed by atoms with Gasteiger partial charge in [-0.1, -0.05) is 13.8 Å². The maximum Gasteiger partial charge on any atom is 0.227 e. The first-order chi connectivity index (χ1) is 9.74. The first kappa shape index (κ1) is 18.4. The maximum absolute atomic E-state index is 12.7. The van der Waals surface area contributed by atoms with Gasteiger partial charge in [0, 0.05) is 25.7 Å². The van der Waals surface area contributed by atoms with Gasteiger partial charge in [0.15, 0.2) is 0 Å². The largest absolute Gasteiger partial charge is 0.338 e. The lowest BCUT2D eigenvalue weighted by molar-refractivity contribution is -0.139. The van der Waals surface area contributed by atoms with E-state index in [1.54, 1.807) is 0 Å². The standard InChI is InChI=1S/C14H29N3O3S/c1-11(2)8-12(9-15)14(18)17-7-5-4-6-13(17)10-16-21(3,19)20/h11-13,16H,4-10,15H2,1-3H3. The highest BCUT2D eigenvalue weighted by molar-refractivity contribution is 7.88. The van der Waals surface area contributed by atoms with Crippen LogP contribution in [0.5, 0.6) is 0 Å². The third-order valence-corrected chi connectivity index (χ3v) is 4.57. The number of carbonyl (C=O) groups is 1. The number of nitrogens with zero attached hydrogens (tertiary/aromatic N) is 1. The van der Waals surface area contributed by atoms with Gasteiger partial charge in [-0.25, -0.2) is 13.1 Å². The molecule has 0 bridgehead atoms. The Kier molecular flexibility index (Phi) is 7.09. The van der Waals surface area contributed by atoms with Crippen LogP contribution in [0.1, 0.15) is 39.5 Å². The molecule has 0 aromatic rings. The molecule has 0 saturated carbocycles. The average Bonchev–Trinajstić information content (AvgIpc) is 2.41. The molecular formula is C14H29N3O3S. The molecule has 0 aromatic carbocycles. The fourth-order valence-corrected chi connectivity index (χ4v) is 3.35. The van der Waals surface area contributed by atoms with Crippen LogP contribution < -0.4 is 10.5 Å². The lowest BCUT2D eigenvalue weighted by atomic mass is 9.93. The van der Waals surface area contributed by atoms with Crippen molar-refractivity contribution in [3.8, 4) is 0 Å². The second-order valence-corrected chi connectivity index (χ2v) is 8.20. The van der Waals surface area contributed by atoms with Crippen LogP contribution in [0.2, 0.25) is 0 Å². The molecule has 3 N–H and O–H groups in total. The Morgan fingerprint density at radius 2 is 2.05 bits per heavy atom. The molecule has 1 amide bonds. The second-order valence-electron chi connectivity index (χ2n) is 6.36. The van der Waals surface area contributed by atoms with Crippen molar-refractivity contribution >= 4 is 15.9 Å². The number of nitrogens with two attached hydrogens (primary N) is 1. The van der Waals surface area contributed by atoms with Crippen LogP contribution in [-0.2, 0) is 14.8 Å². The molecule has 0 aromatic heterocycles. The molecule has 7 heteroatoms. The zero-order chi connectivity index (χ0) is 16.0. The van der Waals surface area contributed by atoms with Crippen molar-refractivity contribution in [3.63, 3.8) is 0 Å². The van der Waals surface area contributed by atoms with Crippen LogP contribution in [0.3, 0.4) is 0 Å². The summed E-state index contributed by atoms with van der Waals surface area (Å²) in [6, 6.07) is -0.0535.